The molecule has 2 heterocycles. The Labute approximate surface area is 122 Å². The Balaban J connectivity index is 1.52. The Morgan fingerprint density at radius 1 is 1.20 bits per heavy atom. The average molecular weight is 280 g/mol. The van der Waals surface area contributed by atoms with Gasteiger partial charge in [-0.05, 0) is 57.5 Å². The minimum absolute atomic E-state index is 0.164. The molecule has 0 bridgehead atoms. The normalized spacial score (nSPS) is 29.9. The van der Waals surface area contributed by atoms with Crippen molar-refractivity contribution < 1.29 is 9.53 Å². The summed E-state index contributed by atoms with van der Waals surface area (Å²) in [6.45, 7) is 4.83. The van der Waals surface area contributed by atoms with Crippen molar-refractivity contribution in [2.24, 2.45) is 5.92 Å². The molecule has 3 fully saturated rings. The van der Waals surface area contributed by atoms with Crippen molar-refractivity contribution in [1.82, 2.24) is 10.2 Å². The predicted molar refractivity (Wildman–Crippen MR) is 78.6 cm³/mol. The summed E-state index contributed by atoms with van der Waals surface area (Å²) in [7, 11) is 0. The number of nitrogens with one attached hydrogen (secondary N) is 1. The van der Waals surface area contributed by atoms with Crippen LogP contribution in [0.4, 0.5) is 0 Å². The summed E-state index contributed by atoms with van der Waals surface area (Å²) >= 11 is 0. The summed E-state index contributed by atoms with van der Waals surface area (Å²) in [6.07, 6.45) is 9.29. The van der Waals surface area contributed by atoms with Gasteiger partial charge in [-0.2, -0.15) is 0 Å². The highest BCUT2D eigenvalue weighted by molar-refractivity contribution is 5.86. The highest BCUT2D eigenvalue weighted by atomic mass is 16.5. The maximum atomic E-state index is 12.7. The molecule has 0 spiro atoms. The lowest BCUT2D eigenvalue weighted by Gasteiger charge is -2.37. The van der Waals surface area contributed by atoms with E-state index >= 15 is 0 Å². The zero-order valence-corrected chi connectivity index (χ0v) is 12.5. The van der Waals surface area contributed by atoms with Crippen LogP contribution in [0.25, 0.3) is 0 Å². The maximum Gasteiger partial charge on any atom is 0.240 e. The van der Waals surface area contributed by atoms with Gasteiger partial charge in [0.05, 0.1) is 0 Å². The second-order valence-electron chi connectivity index (χ2n) is 6.71. The van der Waals surface area contributed by atoms with Crippen LogP contribution in [0.5, 0.6) is 0 Å². The lowest BCUT2D eigenvalue weighted by molar-refractivity contribution is -0.132. The zero-order chi connectivity index (χ0) is 13.8. The Bertz CT molecular complexity index is 327. The molecule has 114 valence electrons. The number of likely N-dealkylation sites (tertiary alicyclic amines) is 1. The van der Waals surface area contributed by atoms with Gasteiger partial charge in [0.1, 0.15) is 5.54 Å². The van der Waals surface area contributed by atoms with Crippen molar-refractivity contribution in [3.8, 4) is 0 Å². The highest BCUT2D eigenvalue weighted by Gasteiger charge is 2.46. The Morgan fingerprint density at radius 2 is 1.95 bits per heavy atom. The summed E-state index contributed by atoms with van der Waals surface area (Å²) in [5.41, 5.74) is -0.164. The molecule has 1 N–H and O–H groups in total. The minimum Gasteiger partial charge on any atom is -0.381 e. The molecule has 1 saturated carbocycles. The Morgan fingerprint density at radius 3 is 2.60 bits per heavy atom. The first-order valence-electron chi connectivity index (χ1n) is 8.42. The fourth-order valence-corrected chi connectivity index (χ4v) is 4.16. The van der Waals surface area contributed by atoms with Crippen molar-refractivity contribution in [3.63, 3.8) is 0 Å². The van der Waals surface area contributed by atoms with Crippen LogP contribution < -0.4 is 5.32 Å². The minimum atomic E-state index is -0.164. The third-order valence-corrected chi connectivity index (χ3v) is 5.43. The van der Waals surface area contributed by atoms with E-state index in [-0.39, 0.29) is 5.54 Å². The molecule has 3 rings (SSSR count). The summed E-state index contributed by atoms with van der Waals surface area (Å²) in [5, 5.41) is 3.23. The maximum absolute atomic E-state index is 12.7. The fraction of sp³-hybridized carbons (Fsp3) is 0.938. The topological polar surface area (TPSA) is 41.6 Å². The second-order valence-corrected chi connectivity index (χ2v) is 6.71. The first-order chi connectivity index (χ1) is 9.81. The first kappa shape index (κ1) is 14.3. The fourth-order valence-electron chi connectivity index (χ4n) is 4.16. The van der Waals surface area contributed by atoms with Crippen LogP contribution in [0.3, 0.4) is 0 Å². The number of ether oxygens (including phenoxy) is 1. The van der Waals surface area contributed by atoms with E-state index in [1.54, 1.807) is 0 Å². The molecule has 0 radical (unpaired) electrons. The van der Waals surface area contributed by atoms with Gasteiger partial charge in [0.2, 0.25) is 5.91 Å². The van der Waals surface area contributed by atoms with Crippen LogP contribution in [0.1, 0.15) is 51.4 Å². The van der Waals surface area contributed by atoms with Gasteiger partial charge in [0, 0.05) is 19.8 Å². The summed E-state index contributed by atoms with van der Waals surface area (Å²) < 4.78 is 5.39. The van der Waals surface area contributed by atoms with Gasteiger partial charge in [-0.15, -0.1) is 0 Å². The molecule has 0 aromatic carbocycles. The van der Waals surface area contributed by atoms with Crippen LogP contribution in [0.15, 0.2) is 0 Å². The molecule has 0 unspecified atom stereocenters. The zero-order valence-electron chi connectivity index (χ0n) is 12.5. The molecule has 20 heavy (non-hydrogen) atoms. The third-order valence-electron chi connectivity index (χ3n) is 5.43. The van der Waals surface area contributed by atoms with Crippen LogP contribution in [0.2, 0.25) is 0 Å². The smallest absolute Gasteiger partial charge is 0.240 e. The van der Waals surface area contributed by atoms with Crippen molar-refractivity contribution in [1.29, 1.82) is 0 Å². The van der Waals surface area contributed by atoms with E-state index in [1.165, 1.54) is 25.7 Å². The van der Waals surface area contributed by atoms with E-state index < -0.39 is 0 Å². The number of nitrogens with zero attached hydrogens (tertiary/aromatic N) is 1. The molecule has 2 aliphatic heterocycles. The van der Waals surface area contributed by atoms with Crippen LogP contribution >= 0.6 is 0 Å². The van der Waals surface area contributed by atoms with E-state index in [0.717, 1.165) is 58.5 Å². The lowest BCUT2D eigenvalue weighted by atomic mass is 9.93. The van der Waals surface area contributed by atoms with Gasteiger partial charge in [0.25, 0.3) is 0 Å². The van der Waals surface area contributed by atoms with E-state index in [1.807, 2.05) is 0 Å². The number of carbonyl (C=O) groups is 1. The molecule has 2 saturated heterocycles. The molecule has 1 amide bonds. The van der Waals surface area contributed by atoms with Crippen molar-refractivity contribution in [2.45, 2.75) is 56.9 Å². The molecule has 1 atom stereocenters. The SMILES string of the molecule is O=C(NCC[C@H]1CCOC1)C1(N2CCCC2)CCCC1. The van der Waals surface area contributed by atoms with E-state index in [2.05, 4.69) is 10.2 Å². The van der Waals surface area contributed by atoms with E-state index in [0.29, 0.717) is 11.8 Å². The van der Waals surface area contributed by atoms with Crippen molar-refractivity contribution >= 4 is 5.91 Å². The van der Waals surface area contributed by atoms with Gasteiger partial charge in [-0.3, -0.25) is 9.69 Å². The quantitative estimate of drug-likeness (QED) is 0.837. The second kappa shape index (κ2) is 6.44. The first-order valence-corrected chi connectivity index (χ1v) is 8.42. The molecular weight excluding hydrogens is 252 g/mol. The average Bonchev–Trinajstić information content (AvgIpc) is 3.20. The van der Waals surface area contributed by atoms with Gasteiger partial charge >= 0.3 is 0 Å². The van der Waals surface area contributed by atoms with Gasteiger partial charge < -0.3 is 10.1 Å². The number of hydrogen-bond acceptors (Lipinski definition) is 3. The molecule has 0 aromatic heterocycles. The van der Waals surface area contributed by atoms with Crippen molar-refractivity contribution in [2.75, 3.05) is 32.8 Å². The Kier molecular flexibility index (Phi) is 4.61. The van der Waals surface area contributed by atoms with Gasteiger partial charge in [-0.25, -0.2) is 0 Å². The summed E-state index contributed by atoms with van der Waals surface area (Å²) in [6, 6.07) is 0. The monoisotopic (exact) mass is 280 g/mol. The number of carbonyl (C=O) groups excluding carboxylic acids is 1. The van der Waals surface area contributed by atoms with Crippen molar-refractivity contribution in [3.05, 3.63) is 0 Å². The highest BCUT2D eigenvalue weighted by Crippen LogP contribution is 2.37. The standard InChI is InChI=1S/C16H28N2O2/c19-15(17-9-5-14-6-12-20-13-14)16(7-1-2-8-16)18-10-3-4-11-18/h14H,1-13H2,(H,17,19)/t14-/m0/s1. The lowest BCUT2D eigenvalue weighted by Crippen LogP contribution is -2.56. The molecule has 4 nitrogen and oxygen atoms in total. The molecular formula is C16H28N2O2. The molecule has 3 aliphatic rings. The third kappa shape index (κ3) is 2.86. The van der Waals surface area contributed by atoms with Gasteiger partial charge in [0.15, 0.2) is 0 Å². The van der Waals surface area contributed by atoms with Crippen LogP contribution in [0, 0.1) is 5.92 Å². The molecule has 0 aromatic rings. The largest absolute Gasteiger partial charge is 0.381 e. The van der Waals surface area contributed by atoms with Crippen LogP contribution in [-0.4, -0.2) is 49.2 Å². The number of rotatable bonds is 5. The predicted octanol–water partition coefficient (Wildman–Crippen LogP) is 1.94. The summed E-state index contributed by atoms with van der Waals surface area (Å²) in [5.74, 6) is 0.956. The molecule has 4 heteroatoms. The number of hydrogen-bond donors (Lipinski definition) is 1. The number of amides is 1. The molecule has 1 aliphatic carbocycles. The van der Waals surface area contributed by atoms with E-state index in [9.17, 15) is 4.79 Å². The van der Waals surface area contributed by atoms with Crippen LogP contribution in [-0.2, 0) is 9.53 Å². The van der Waals surface area contributed by atoms with Gasteiger partial charge in [-0.1, -0.05) is 12.8 Å². The Hall–Kier alpha value is -0.610. The van der Waals surface area contributed by atoms with E-state index in [4.69, 9.17) is 4.74 Å². The summed E-state index contributed by atoms with van der Waals surface area (Å²) in [4.78, 5) is 15.2.